The number of aryl methyl sites for hydroxylation is 1. The molecule has 0 spiro atoms. The lowest BCUT2D eigenvalue weighted by molar-refractivity contribution is 0.256. The van der Waals surface area contributed by atoms with E-state index in [1.807, 2.05) is 20.9 Å². The van der Waals surface area contributed by atoms with Crippen LogP contribution in [-0.4, -0.2) is 31.6 Å². The van der Waals surface area contributed by atoms with E-state index < -0.39 is 0 Å². The summed E-state index contributed by atoms with van der Waals surface area (Å²) in [6.07, 6.45) is 1.21. The molecule has 2 rings (SSSR count). The normalized spacial score (nSPS) is 14.8. The molecule has 0 aliphatic carbocycles. The van der Waals surface area contributed by atoms with E-state index in [0.717, 1.165) is 19.6 Å². The number of rotatable bonds is 3. The number of nitrogens with zero attached hydrogens (tertiary/aromatic N) is 1. The van der Waals surface area contributed by atoms with Crippen LogP contribution in [0.1, 0.15) is 30.5 Å². The van der Waals surface area contributed by atoms with Crippen molar-refractivity contribution in [3.05, 3.63) is 34.9 Å². The molecule has 1 heterocycles. The number of hydrogen-bond acceptors (Lipinski definition) is 2. The van der Waals surface area contributed by atoms with Crippen molar-refractivity contribution in [1.29, 1.82) is 0 Å². The van der Waals surface area contributed by atoms with Gasteiger partial charge < -0.3 is 5.32 Å². The van der Waals surface area contributed by atoms with E-state index in [0.29, 0.717) is 0 Å². The summed E-state index contributed by atoms with van der Waals surface area (Å²) in [7, 11) is 2.02. The molecule has 1 N–H and O–H groups in total. The van der Waals surface area contributed by atoms with Gasteiger partial charge in [0.05, 0.1) is 0 Å². The molecule has 96 valence electrons. The molecular formula is C15H26N2. The van der Waals surface area contributed by atoms with Crippen molar-refractivity contribution < 1.29 is 0 Å². The lowest BCUT2D eigenvalue weighted by Gasteiger charge is -2.28. The number of hydrogen-bond donors (Lipinski definition) is 1. The summed E-state index contributed by atoms with van der Waals surface area (Å²) in [5, 5.41) is 3.21. The van der Waals surface area contributed by atoms with Gasteiger partial charge in [-0.1, -0.05) is 37.6 Å². The van der Waals surface area contributed by atoms with Gasteiger partial charge in [-0.15, -0.1) is 0 Å². The fourth-order valence-electron chi connectivity index (χ4n) is 2.21. The Bertz CT molecular complexity index is 334. The van der Waals surface area contributed by atoms with Crippen molar-refractivity contribution in [2.24, 2.45) is 0 Å². The zero-order valence-electron chi connectivity index (χ0n) is 11.7. The summed E-state index contributed by atoms with van der Waals surface area (Å²) in [5.74, 6) is 0. The molecule has 2 nitrogen and oxygen atoms in total. The maximum atomic E-state index is 3.21. The van der Waals surface area contributed by atoms with Gasteiger partial charge in [0.25, 0.3) is 0 Å². The second-order valence-corrected chi connectivity index (χ2v) is 4.40. The lowest BCUT2D eigenvalue weighted by atomic mass is 9.98. The number of likely N-dealkylation sites (N-methyl/N-ethyl adjacent to an activating group) is 1. The summed E-state index contributed by atoms with van der Waals surface area (Å²) < 4.78 is 0. The van der Waals surface area contributed by atoms with Crippen molar-refractivity contribution in [1.82, 2.24) is 10.2 Å². The summed E-state index contributed by atoms with van der Waals surface area (Å²) in [6, 6.07) is 6.85. The third-order valence-corrected chi connectivity index (χ3v) is 3.13. The van der Waals surface area contributed by atoms with E-state index in [9.17, 15) is 0 Å². The average Bonchev–Trinajstić information content (AvgIpc) is 2.38. The Kier molecular flexibility index (Phi) is 6.23. The van der Waals surface area contributed by atoms with Crippen LogP contribution in [0.2, 0.25) is 0 Å². The molecule has 0 fully saturated rings. The van der Waals surface area contributed by atoms with Crippen LogP contribution < -0.4 is 5.32 Å². The van der Waals surface area contributed by atoms with Gasteiger partial charge in [0.15, 0.2) is 0 Å². The Labute approximate surface area is 106 Å². The van der Waals surface area contributed by atoms with Crippen molar-refractivity contribution in [3.8, 4) is 0 Å². The molecule has 1 aliphatic rings. The Hall–Kier alpha value is -0.860. The molecule has 0 saturated carbocycles. The predicted molar refractivity (Wildman–Crippen MR) is 75.4 cm³/mol. The highest BCUT2D eigenvalue weighted by molar-refractivity contribution is 5.33. The third-order valence-electron chi connectivity index (χ3n) is 3.13. The second-order valence-electron chi connectivity index (χ2n) is 4.40. The first-order valence-corrected chi connectivity index (χ1v) is 6.75. The maximum absolute atomic E-state index is 3.21. The van der Waals surface area contributed by atoms with Crippen LogP contribution in [0.4, 0.5) is 0 Å². The van der Waals surface area contributed by atoms with Crippen molar-refractivity contribution in [2.45, 2.75) is 33.7 Å². The van der Waals surface area contributed by atoms with E-state index in [2.05, 4.69) is 35.3 Å². The van der Waals surface area contributed by atoms with Gasteiger partial charge in [-0.25, -0.2) is 0 Å². The quantitative estimate of drug-likeness (QED) is 0.865. The lowest BCUT2D eigenvalue weighted by Crippen LogP contribution is -2.35. The van der Waals surface area contributed by atoms with Gasteiger partial charge in [-0.3, -0.25) is 4.90 Å². The predicted octanol–water partition coefficient (Wildman–Crippen LogP) is 2.60. The first kappa shape index (κ1) is 14.2. The highest BCUT2D eigenvalue weighted by Crippen LogP contribution is 2.19. The van der Waals surface area contributed by atoms with Crippen LogP contribution in [0, 0.1) is 6.92 Å². The van der Waals surface area contributed by atoms with E-state index in [-0.39, 0.29) is 0 Å². The second kappa shape index (κ2) is 7.46. The molecule has 1 aromatic carbocycles. The van der Waals surface area contributed by atoms with Crippen LogP contribution in [0.25, 0.3) is 0 Å². The van der Waals surface area contributed by atoms with Gasteiger partial charge in [-0.05, 0) is 31.5 Å². The fourth-order valence-corrected chi connectivity index (χ4v) is 2.21. The minimum atomic E-state index is 1.08. The molecule has 0 saturated heterocycles. The van der Waals surface area contributed by atoms with Crippen molar-refractivity contribution in [3.63, 3.8) is 0 Å². The van der Waals surface area contributed by atoms with Crippen molar-refractivity contribution in [2.75, 3.05) is 26.7 Å². The van der Waals surface area contributed by atoms with E-state index in [4.69, 9.17) is 0 Å². The topological polar surface area (TPSA) is 15.3 Å². The smallest absolute Gasteiger partial charge is 0.0237 e. The fraction of sp³-hybridized carbons (Fsp3) is 0.600. The maximum Gasteiger partial charge on any atom is 0.0237 e. The SMILES string of the molecule is CC.CNCCN1CCc2ccc(C)cc2C1. The van der Waals surface area contributed by atoms with Crippen LogP contribution in [0.3, 0.4) is 0 Å². The molecule has 1 aromatic rings. The number of nitrogens with one attached hydrogen (secondary N) is 1. The van der Waals surface area contributed by atoms with Gasteiger partial charge in [0.2, 0.25) is 0 Å². The van der Waals surface area contributed by atoms with Crippen LogP contribution in [0.5, 0.6) is 0 Å². The Balaban J connectivity index is 0.000000686. The highest BCUT2D eigenvalue weighted by atomic mass is 15.1. The Morgan fingerprint density at radius 2 is 2.00 bits per heavy atom. The summed E-state index contributed by atoms with van der Waals surface area (Å²) in [6.45, 7) is 10.7. The average molecular weight is 234 g/mol. The minimum absolute atomic E-state index is 1.08. The minimum Gasteiger partial charge on any atom is -0.318 e. The number of fused-ring (bicyclic) bond motifs is 1. The zero-order valence-corrected chi connectivity index (χ0v) is 11.7. The molecule has 0 bridgehead atoms. The monoisotopic (exact) mass is 234 g/mol. The van der Waals surface area contributed by atoms with Gasteiger partial charge in [0, 0.05) is 26.2 Å². The standard InChI is InChI=1S/C13H20N2.C2H6/c1-11-3-4-12-5-7-15(8-6-14-2)10-13(12)9-11;1-2/h3-4,9,14H,5-8,10H2,1-2H3;1-2H3. The van der Waals surface area contributed by atoms with E-state index in [1.54, 1.807) is 5.56 Å². The number of benzene rings is 1. The van der Waals surface area contributed by atoms with E-state index in [1.165, 1.54) is 24.1 Å². The van der Waals surface area contributed by atoms with Gasteiger partial charge in [0.1, 0.15) is 0 Å². The van der Waals surface area contributed by atoms with Gasteiger partial charge in [-0.2, -0.15) is 0 Å². The van der Waals surface area contributed by atoms with Crippen LogP contribution in [0.15, 0.2) is 18.2 Å². The van der Waals surface area contributed by atoms with Gasteiger partial charge >= 0.3 is 0 Å². The first-order valence-electron chi connectivity index (χ1n) is 6.75. The van der Waals surface area contributed by atoms with E-state index >= 15 is 0 Å². The molecule has 1 aliphatic heterocycles. The Morgan fingerprint density at radius 1 is 1.24 bits per heavy atom. The van der Waals surface area contributed by atoms with Crippen LogP contribution in [-0.2, 0) is 13.0 Å². The third kappa shape index (κ3) is 4.14. The highest BCUT2D eigenvalue weighted by Gasteiger charge is 2.15. The molecule has 0 unspecified atom stereocenters. The largest absolute Gasteiger partial charge is 0.318 e. The first-order chi connectivity index (χ1) is 8.29. The van der Waals surface area contributed by atoms with Crippen LogP contribution >= 0.6 is 0 Å². The molecule has 0 amide bonds. The zero-order chi connectivity index (χ0) is 12.7. The molecule has 17 heavy (non-hydrogen) atoms. The molecule has 0 aromatic heterocycles. The molecule has 2 heteroatoms. The molecule has 0 atom stereocenters. The summed E-state index contributed by atoms with van der Waals surface area (Å²) in [5.41, 5.74) is 4.45. The Morgan fingerprint density at radius 3 is 2.71 bits per heavy atom. The molecule has 0 radical (unpaired) electrons. The van der Waals surface area contributed by atoms with Crippen molar-refractivity contribution >= 4 is 0 Å². The summed E-state index contributed by atoms with van der Waals surface area (Å²) >= 11 is 0. The molecular weight excluding hydrogens is 208 g/mol. The summed E-state index contributed by atoms with van der Waals surface area (Å²) in [4.78, 5) is 2.53.